The first-order valence-electron chi connectivity index (χ1n) is 8.83. The molecule has 1 fully saturated rings. The number of halogens is 1. The summed E-state index contributed by atoms with van der Waals surface area (Å²) in [6.07, 6.45) is 1.98. The number of benzene rings is 2. The Bertz CT molecular complexity index is 935. The van der Waals surface area contributed by atoms with Crippen molar-refractivity contribution in [1.82, 2.24) is 14.9 Å². The van der Waals surface area contributed by atoms with Crippen LogP contribution in [0.5, 0.6) is 0 Å². The second-order valence-electron chi connectivity index (χ2n) is 6.91. The average molecular weight is 352 g/mol. The van der Waals surface area contributed by atoms with Gasteiger partial charge in [0.25, 0.3) is 0 Å². The Hall–Kier alpha value is -2.73. The lowest BCUT2D eigenvalue weighted by Gasteiger charge is -2.28. The van der Waals surface area contributed by atoms with Crippen molar-refractivity contribution in [2.24, 2.45) is 5.92 Å². The molecule has 4 rings (SSSR count). The number of aromatic nitrogens is 2. The van der Waals surface area contributed by atoms with Gasteiger partial charge < -0.3 is 15.2 Å². The first-order chi connectivity index (χ1) is 12.6. The van der Waals surface area contributed by atoms with Gasteiger partial charge in [0, 0.05) is 17.8 Å². The van der Waals surface area contributed by atoms with Crippen LogP contribution in [0.15, 0.2) is 42.5 Å². The van der Waals surface area contributed by atoms with Crippen LogP contribution in [0.2, 0.25) is 0 Å². The fourth-order valence-electron chi connectivity index (χ4n) is 3.46. The molecule has 5 nitrogen and oxygen atoms in total. The maximum atomic E-state index is 13.1. The molecule has 2 aromatic carbocycles. The SMILES string of the molecule is CN1CCC[C@H](C(=O)Nc2ccc3nc(-c4ccc(F)cc4)[nH]c3c2)C1. The van der Waals surface area contributed by atoms with Crippen molar-refractivity contribution in [3.05, 3.63) is 48.3 Å². The second-order valence-corrected chi connectivity index (χ2v) is 6.91. The molecule has 26 heavy (non-hydrogen) atoms. The highest BCUT2D eigenvalue weighted by Gasteiger charge is 2.24. The summed E-state index contributed by atoms with van der Waals surface area (Å²) in [7, 11) is 2.05. The van der Waals surface area contributed by atoms with Gasteiger partial charge in [0.15, 0.2) is 0 Å². The lowest BCUT2D eigenvalue weighted by atomic mass is 9.97. The third-order valence-electron chi connectivity index (χ3n) is 4.86. The van der Waals surface area contributed by atoms with E-state index in [4.69, 9.17) is 0 Å². The van der Waals surface area contributed by atoms with E-state index in [1.54, 1.807) is 12.1 Å². The zero-order chi connectivity index (χ0) is 18.1. The van der Waals surface area contributed by atoms with Crippen LogP contribution >= 0.6 is 0 Å². The molecule has 134 valence electrons. The Morgan fingerprint density at radius 3 is 2.85 bits per heavy atom. The normalized spacial score (nSPS) is 18.2. The Kier molecular flexibility index (Phi) is 4.42. The van der Waals surface area contributed by atoms with Crippen molar-refractivity contribution in [2.75, 3.05) is 25.5 Å². The summed E-state index contributed by atoms with van der Waals surface area (Å²) in [5.74, 6) is 0.496. The van der Waals surface area contributed by atoms with E-state index in [1.165, 1.54) is 12.1 Å². The number of aromatic amines is 1. The highest BCUT2D eigenvalue weighted by atomic mass is 19.1. The molecule has 0 spiro atoms. The van der Waals surface area contributed by atoms with E-state index >= 15 is 0 Å². The van der Waals surface area contributed by atoms with Crippen LogP contribution in [-0.2, 0) is 4.79 Å². The van der Waals surface area contributed by atoms with Crippen molar-refractivity contribution in [1.29, 1.82) is 0 Å². The van der Waals surface area contributed by atoms with Crippen LogP contribution in [0.4, 0.5) is 10.1 Å². The average Bonchev–Trinajstić information content (AvgIpc) is 3.05. The number of fused-ring (bicyclic) bond motifs is 1. The molecule has 0 aliphatic carbocycles. The van der Waals surface area contributed by atoms with E-state index in [1.807, 2.05) is 25.2 Å². The largest absolute Gasteiger partial charge is 0.338 e. The van der Waals surface area contributed by atoms with Crippen molar-refractivity contribution in [3.63, 3.8) is 0 Å². The van der Waals surface area contributed by atoms with E-state index in [9.17, 15) is 9.18 Å². The number of carbonyl (C=O) groups is 1. The fourth-order valence-corrected chi connectivity index (χ4v) is 3.46. The summed E-state index contributed by atoms with van der Waals surface area (Å²) >= 11 is 0. The van der Waals surface area contributed by atoms with Gasteiger partial charge in [-0.15, -0.1) is 0 Å². The summed E-state index contributed by atoms with van der Waals surface area (Å²) in [5.41, 5.74) is 3.21. The fraction of sp³-hybridized carbons (Fsp3) is 0.300. The molecular weight excluding hydrogens is 331 g/mol. The maximum absolute atomic E-state index is 13.1. The monoisotopic (exact) mass is 352 g/mol. The van der Waals surface area contributed by atoms with Crippen molar-refractivity contribution >= 4 is 22.6 Å². The Morgan fingerprint density at radius 2 is 2.08 bits per heavy atom. The number of imidazole rings is 1. The van der Waals surface area contributed by atoms with Gasteiger partial charge in [-0.2, -0.15) is 0 Å². The Morgan fingerprint density at radius 1 is 1.27 bits per heavy atom. The number of rotatable bonds is 3. The van der Waals surface area contributed by atoms with E-state index < -0.39 is 0 Å². The van der Waals surface area contributed by atoms with Gasteiger partial charge in [-0.3, -0.25) is 4.79 Å². The number of hydrogen-bond donors (Lipinski definition) is 2. The summed E-state index contributed by atoms with van der Waals surface area (Å²) in [5, 5.41) is 3.02. The van der Waals surface area contributed by atoms with Crippen LogP contribution in [0, 0.1) is 11.7 Å². The molecule has 0 bridgehead atoms. The van der Waals surface area contributed by atoms with Gasteiger partial charge in [0.1, 0.15) is 11.6 Å². The molecule has 1 aliphatic rings. The minimum absolute atomic E-state index is 0.0287. The first-order valence-corrected chi connectivity index (χ1v) is 8.83. The Balaban J connectivity index is 1.54. The molecule has 3 aromatic rings. The first kappa shape index (κ1) is 16.7. The summed E-state index contributed by atoms with van der Waals surface area (Å²) in [6, 6.07) is 11.8. The summed E-state index contributed by atoms with van der Waals surface area (Å²) < 4.78 is 13.1. The van der Waals surface area contributed by atoms with Gasteiger partial charge >= 0.3 is 0 Å². The van der Waals surface area contributed by atoms with Crippen LogP contribution in [-0.4, -0.2) is 40.9 Å². The predicted octanol–water partition coefficient (Wildman–Crippen LogP) is 3.65. The van der Waals surface area contributed by atoms with E-state index in [-0.39, 0.29) is 17.6 Å². The van der Waals surface area contributed by atoms with Crippen molar-refractivity contribution in [3.8, 4) is 11.4 Å². The van der Waals surface area contributed by atoms with Gasteiger partial charge in [-0.25, -0.2) is 9.37 Å². The molecule has 0 unspecified atom stereocenters. The van der Waals surface area contributed by atoms with Crippen LogP contribution in [0.3, 0.4) is 0 Å². The molecule has 1 amide bonds. The van der Waals surface area contributed by atoms with Crippen LogP contribution in [0.25, 0.3) is 22.4 Å². The highest BCUT2D eigenvalue weighted by molar-refractivity contribution is 5.95. The molecular formula is C20H21FN4O. The number of nitrogens with one attached hydrogen (secondary N) is 2. The number of anilines is 1. The third-order valence-corrected chi connectivity index (χ3v) is 4.86. The van der Waals surface area contributed by atoms with Gasteiger partial charge in [0.05, 0.1) is 17.0 Å². The minimum Gasteiger partial charge on any atom is -0.338 e. The van der Waals surface area contributed by atoms with Crippen LogP contribution < -0.4 is 5.32 Å². The van der Waals surface area contributed by atoms with E-state index in [0.29, 0.717) is 5.82 Å². The zero-order valence-corrected chi connectivity index (χ0v) is 14.6. The highest BCUT2D eigenvalue weighted by Crippen LogP contribution is 2.24. The molecule has 0 radical (unpaired) electrons. The van der Waals surface area contributed by atoms with Gasteiger partial charge in [-0.05, 0) is 68.9 Å². The quantitative estimate of drug-likeness (QED) is 0.756. The third kappa shape index (κ3) is 3.46. The second kappa shape index (κ2) is 6.88. The number of amides is 1. The van der Waals surface area contributed by atoms with E-state index in [0.717, 1.165) is 48.2 Å². The van der Waals surface area contributed by atoms with Crippen molar-refractivity contribution < 1.29 is 9.18 Å². The number of H-pyrrole nitrogens is 1. The molecule has 2 N–H and O–H groups in total. The molecule has 1 aliphatic heterocycles. The molecule has 1 atom stereocenters. The zero-order valence-electron chi connectivity index (χ0n) is 14.6. The van der Waals surface area contributed by atoms with Crippen LogP contribution in [0.1, 0.15) is 12.8 Å². The van der Waals surface area contributed by atoms with Gasteiger partial charge in [-0.1, -0.05) is 0 Å². The predicted molar refractivity (Wildman–Crippen MR) is 100 cm³/mol. The standard InChI is InChI=1S/C20H21FN4O/c1-25-10-2-3-14(12-25)20(26)22-16-8-9-17-18(11-16)24-19(23-17)13-4-6-15(21)7-5-13/h4-9,11,14H,2-3,10,12H2,1H3,(H,22,26)(H,23,24)/t14-/m0/s1. The minimum atomic E-state index is -0.275. The van der Waals surface area contributed by atoms with Crippen molar-refractivity contribution in [2.45, 2.75) is 12.8 Å². The number of nitrogens with zero attached hydrogens (tertiary/aromatic N) is 2. The topological polar surface area (TPSA) is 61.0 Å². The smallest absolute Gasteiger partial charge is 0.228 e. The Labute approximate surface area is 151 Å². The molecule has 2 heterocycles. The molecule has 1 saturated heterocycles. The maximum Gasteiger partial charge on any atom is 0.228 e. The van der Waals surface area contributed by atoms with E-state index in [2.05, 4.69) is 20.2 Å². The molecule has 0 saturated carbocycles. The molecule has 6 heteroatoms. The molecule has 1 aromatic heterocycles. The number of hydrogen-bond acceptors (Lipinski definition) is 3. The number of carbonyl (C=O) groups excluding carboxylic acids is 1. The van der Waals surface area contributed by atoms with Gasteiger partial charge in [0.2, 0.25) is 5.91 Å². The lowest BCUT2D eigenvalue weighted by molar-refractivity contribution is -0.121. The number of piperidine rings is 1. The summed E-state index contributed by atoms with van der Waals surface area (Å²) in [4.78, 5) is 22.5. The summed E-state index contributed by atoms with van der Waals surface area (Å²) in [6.45, 7) is 1.85. The lowest BCUT2D eigenvalue weighted by Crippen LogP contribution is -2.38. The number of likely N-dealkylation sites (tertiary alicyclic amines) is 1.